The van der Waals surface area contributed by atoms with Gasteiger partial charge in [0.2, 0.25) is 0 Å². The van der Waals surface area contributed by atoms with E-state index in [9.17, 15) is 5.11 Å². The van der Waals surface area contributed by atoms with Crippen LogP contribution < -0.4 is 0 Å². The van der Waals surface area contributed by atoms with Crippen LogP contribution in [0.3, 0.4) is 0 Å². The van der Waals surface area contributed by atoms with E-state index in [1.54, 1.807) is 0 Å². The minimum Gasteiger partial charge on any atom is -0.385 e. The molecule has 2 fully saturated rings. The van der Waals surface area contributed by atoms with Crippen LogP contribution in [-0.2, 0) is 11.0 Å². The van der Waals surface area contributed by atoms with Crippen molar-refractivity contribution in [1.82, 2.24) is 4.90 Å². The van der Waals surface area contributed by atoms with Gasteiger partial charge in [-0.2, -0.15) is 0 Å². The summed E-state index contributed by atoms with van der Waals surface area (Å²) in [6.45, 7) is 6.70. The molecule has 0 spiro atoms. The van der Waals surface area contributed by atoms with Gasteiger partial charge in [-0.05, 0) is 49.3 Å². The molecule has 1 aromatic rings. The quantitative estimate of drug-likeness (QED) is 0.849. The second kappa shape index (κ2) is 5.10. The topological polar surface area (TPSA) is 23.5 Å². The minimum atomic E-state index is -0.626. The molecule has 116 valence electrons. The highest BCUT2D eigenvalue weighted by Crippen LogP contribution is 2.43. The van der Waals surface area contributed by atoms with Gasteiger partial charge in [0.15, 0.2) is 0 Å². The van der Waals surface area contributed by atoms with Crippen molar-refractivity contribution < 1.29 is 5.11 Å². The SMILES string of the molecule is CN1C2CCCC1CC(O)(c1ccc(C(C)(C)C)cc1)C2. The molecule has 0 radical (unpaired) electrons. The predicted octanol–water partition coefficient (Wildman–Crippen LogP) is 3.82. The van der Waals surface area contributed by atoms with Crippen LogP contribution in [0.5, 0.6) is 0 Å². The molecule has 2 aliphatic rings. The summed E-state index contributed by atoms with van der Waals surface area (Å²) in [6, 6.07) is 9.79. The lowest BCUT2D eigenvalue weighted by Crippen LogP contribution is -2.55. The number of hydrogen-bond donors (Lipinski definition) is 1. The third-order valence-corrected chi connectivity index (χ3v) is 5.66. The van der Waals surface area contributed by atoms with Gasteiger partial charge < -0.3 is 10.0 Å². The van der Waals surface area contributed by atoms with E-state index in [2.05, 4.69) is 57.0 Å². The first-order valence-electron chi connectivity index (χ1n) is 8.35. The van der Waals surface area contributed by atoms with Crippen LogP contribution in [0.2, 0.25) is 0 Å². The maximum Gasteiger partial charge on any atom is 0.0926 e. The Hall–Kier alpha value is -0.860. The highest BCUT2D eigenvalue weighted by atomic mass is 16.3. The molecule has 21 heavy (non-hydrogen) atoms. The van der Waals surface area contributed by atoms with Crippen molar-refractivity contribution in [3.05, 3.63) is 35.4 Å². The van der Waals surface area contributed by atoms with Crippen LogP contribution in [0.15, 0.2) is 24.3 Å². The molecular formula is C19H29NO. The normalized spacial score (nSPS) is 34.0. The Balaban J connectivity index is 1.86. The number of rotatable bonds is 1. The van der Waals surface area contributed by atoms with E-state index in [1.807, 2.05) is 0 Å². The monoisotopic (exact) mass is 287 g/mol. The number of hydrogen-bond acceptors (Lipinski definition) is 2. The summed E-state index contributed by atoms with van der Waals surface area (Å²) in [7, 11) is 2.23. The van der Waals surface area contributed by atoms with Gasteiger partial charge in [-0.25, -0.2) is 0 Å². The van der Waals surface area contributed by atoms with E-state index in [4.69, 9.17) is 0 Å². The lowest BCUT2D eigenvalue weighted by atomic mass is 9.72. The van der Waals surface area contributed by atoms with Crippen LogP contribution in [0, 0.1) is 0 Å². The van der Waals surface area contributed by atoms with Crippen molar-refractivity contribution >= 4 is 0 Å². The van der Waals surface area contributed by atoms with Crippen molar-refractivity contribution in [1.29, 1.82) is 0 Å². The van der Waals surface area contributed by atoms with Gasteiger partial charge in [0.25, 0.3) is 0 Å². The van der Waals surface area contributed by atoms with Gasteiger partial charge in [0.1, 0.15) is 0 Å². The van der Waals surface area contributed by atoms with Crippen molar-refractivity contribution in [2.75, 3.05) is 7.05 Å². The maximum atomic E-state index is 11.2. The molecule has 2 nitrogen and oxygen atoms in total. The van der Waals surface area contributed by atoms with Crippen molar-refractivity contribution in [2.45, 2.75) is 76.0 Å². The summed E-state index contributed by atoms with van der Waals surface area (Å²) in [5.74, 6) is 0. The van der Waals surface area contributed by atoms with Gasteiger partial charge in [-0.3, -0.25) is 0 Å². The molecule has 1 N–H and O–H groups in total. The maximum absolute atomic E-state index is 11.2. The van der Waals surface area contributed by atoms with E-state index in [1.165, 1.54) is 24.8 Å². The fourth-order valence-electron chi connectivity index (χ4n) is 4.17. The molecule has 2 aliphatic heterocycles. The second-order valence-corrected chi connectivity index (χ2v) is 8.17. The van der Waals surface area contributed by atoms with Crippen molar-refractivity contribution in [3.8, 4) is 0 Å². The Labute approximate surface area is 129 Å². The first-order valence-corrected chi connectivity index (χ1v) is 8.35. The summed E-state index contributed by atoms with van der Waals surface area (Å²) in [5, 5.41) is 11.2. The highest BCUT2D eigenvalue weighted by Gasteiger charge is 2.44. The van der Waals surface area contributed by atoms with Crippen LogP contribution in [-0.4, -0.2) is 29.1 Å². The lowest BCUT2D eigenvalue weighted by molar-refractivity contribution is -0.0874. The predicted molar refractivity (Wildman–Crippen MR) is 87.5 cm³/mol. The number of piperidine rings is 2. The van der Waals surface area contributed by atoms with Crippen molar-refractivity contribution in [3.63, 3.8) is 0 Å². The van der Waals surface area contributed by atoms with E-state index in [0.717, 1.165) is 18.4 Å². The molecular weight excluding hydrogens is 258 g/mol. The van der Waals surface area contributed by atoms with E-state index in [0.29, 0.717) is 12.1 Å². The summed E-state index contributed by atoms with van der Waals surface area (Å²) in [5.41, 5.74) is 1.99. The van der Waals surface area contributed by atoms with Crippen LogP contribution in [0.4, 0.5) is 0 Å². The summed E-state index contributed by atoms with van der Waals surface area (Å²) in [6.07, 6.45) is 5.55. The highest BCUT2D eigenvalue weighted by molar-refractivity contribution is 5.31. The standard InChI is InChI=1S/C19H29NO/c1-18(2,3)14-8-10-15(11-9-14)19(21)12-16-6-5-7-17(13-19)20(16)4/h8-11,16-17,21H,5-7,12-13H2,1-4H3. The molecule has 0 aliphatic carbocycles. The second-order valence-electron chi connectivity index (χ2n) is 8.17. The number of fused-ring (bicyclic) bond motifs is 2. The first kappa shape index (κ1) is 15.1. The van der Waals surface area contributed by atoms with Gasteiger partial charge >= 0.3 is 0 Å². The molecule has 0 aromatic heterocycles. The Morgan fingerprint density at radius 1 is 1.05 bits per heavy atom. The van der Waals surface area contributed by atoms with Crippen LogP contribution in [0.25, 0.3) is 0 Å². The summed E-state index contributed by atoms with van der Waals surface area (Å²) >= 11 is 0. The molecule has 2 bridgehead atoms. The Morgan fingerprint density at radius 3 is 2.05 bits per heavy atom. The smallest absolute Gasteiger partial charge is 0.0926 e. The zero-order valence-corrected chi connectivity index (χ0v) is 13.9. The van der Waals surface area contributed by atoms with Crippen LogP contribution >= 0.6 is 0 Å². The molecule has 2 heteroatoms. The Kier molecular flexibility index (Phi) is 3.66. The fourth-order valence-corrected chi connectivity index (χ4v) is 4.17. The van der Waals surface area contributed by atoms with E-state index in [-0.39, 0.29) is 5.41 Å². The molecule has 2 saturated heterocycles. The van der Waals surface area contributed by atoms with E-state index < -0.39 is 5.60 Å². The lowest BCUT2D eigenvalue weighted by Gasteiger charge is -2.50. The molecule has 1 aromatic carbocycles. The minimum absolute atomic E-state index is 0.171. The Morgan fingerprint density at radius 2 is 1.57 bits per heavy atom. The van der Waals surface area contributed by atoms with Gasteiger partial charge in [-0.1, -0.05) is 51.5 Å². The number of benzene rings is 1. The van der Waals surface area contributed by atoms with Gasteiger partial charge in [0, 0.05) is 12.1 Å². The molecule has 0 amide bonds. The van der Waals surface area contributed by atoms with Gasteiger partial charge in [0.05, 0.1) is 5.60 Å². The average molecular weight is 287 g/mol. The average Bonchev–Trinajstić information content (AvgIpc) is 2.40. The molecule has 0 saturated carbocycles. The third-order valence-electron chi connectivity index (χ3n) is 5.66. The Bertz CT molecular complexity index is 485. The molecule has 2 unspecified atom stereocenters. The van der Waals surface area contributed by atoms with E-state index >= 15 is 0 Å². The number of aliphatic hydroxyl groups is 1. The van der Waals surface area contributed by atoms with Gasteiger partial charge in [-0.15, -0.1) is 0 Å². The first-order chi connectivity index (χ1) is 9.79. The van der Waals surface area contributed by atoms with Crippen LogP contribution in [0.1, 0.15) is 64.0 Å². The fraction of sp³-hybridized carbons (Fsp3) is 0.684. The summed E-state index contributed by atoms with van der Waals surface area (Å²) < 4.78 is 0. The van der Waals surface area contributed by atoms with Crippen molar-refractivity contribution in [2.24, 2.45) is 0 Å². The molecule has 2 atom stereocenters. The molecule has 2 heterocycles. The summed E-state index contributed by atoms with van der Waals surface area (Å²) in [4.78, 5) is 2.50. The molecule has 3 rings (SSSR count). The largest absolute Gasteiger partial charge is 0.385 e. The number of nitrogens with zero attached hydrogens (tertiary/aromatic N) is 1. The zero-order valence-electron chi connectivity index (χ0n) is 13.9. The zero-order chi connectivity index (χ0) is 15.3. The third kappa shape index (κ3) is 2.76.